The average molecular weight is 609 g/mol. The van der Waals surface area contributed by atoms with Crippen LogP contribution in [0.1, 0.15) is 71.1 Å². The Morgan fingerprint density at radius 3 is 1.98 bits per heavy atom. The van der Waals surface area contributed by atoms with E-state index in [0.29, 0.717) is 31.7 Å². The standard InChI is InChI=1S/C37H44N4O4/c38-24-36-13-16-37(17-14-36,18-15-36)25-39-34(43)31(20-26-7-3-1-4-8-26)41-35(44)32(40-33(42)28-9-5-2-6-10-28)21-27-11-12-29-22-45-23-30(29)19-27/h1-12,19,31-32H,13-18,20-25,38H2,(H,39,43)(H,40,42)(H,41,44). The number of benzene rings is 3. The molecule has 3 aliphatic carbocycles. The van der Waals surface area contributed by atoms with Crippen molar-refractivity contribution in [2.24, 2.45) is 16.6 Å². The maximum atomic E-state index is 14.0. The van der Waals surface area contributed by atoms with Crippen molar-refractivity contribution in [3.8, 4) is 0 Å². The summed E-state index contributed by atoms with van der Waals surface area (Å²) in [6.07, 6.45) is 7.17. The summed E-state index contributed by atoms with van der Waals surface area (Å²) in [6, 6.07) is 22.9. The molecule has 3 aromatic carbocycles. The van der Waals surface area contributed by atoms with Crippen LogP contribution in [0.5, 0.6) is 0 Å². The van der Waals surface area contributed by atoms with Gasteiger partial charge in [0.05, 0.1) is 13.2 Å². The fraction of sp³-hybridized carbons (Fsp3) is 0.432. The molecule has 0 saturated heterocycles. The summed E-state index contributed by atoms with van der Waals surface area (Å²) in [4.78, 5) is 41.1. The Morgan fingerprint density at radius 1 is 0.689 bits per heavy atom. The van der Waals surface area contributed by atoms with E-state index >= 15 is 0 Å². The van der Waals surface area contributed by atoms with Crippen LogP contribution in [0, 0.1) is 10.8 Å². The summed E-state index contributed by atoms with van der Waals surface area (Å²) in [7, 11) is 0. The highest BCUT2D eigenvalue weighted by Gasteiger charge is 2.48. The Balaban J connectivity index is 1.19. The molecule has 8 heteroatoms. The smallest absolute Gasteiger partial charge is 0.251 e. The van der Waals surface area contributed by atoms with Gasteiger partial charge in [0.15, 0.2) is 0 Å². The van der Waals surface area contributed by atoms with Crippen LogP contribution < -0.4 is 21.7 Å². The van der Waals surface area contributed by atoms with E-state index in [9.17, 15) is 14.4 Å². The van der Waals surface area contributed by atoms with Crippen LogP contribution in [0.3, 0.4) is 0 Å². The lowest BCUT2D eigenvalue weighted by Crippen LogP contribution is -2.56. The van der Waals surface area contributed by atoms with Crippen molar-refractivity contribution in [2.45, 2.75) is 76.7 Å². The fourth-order valence-electron chi connectivity index (χ4n) is 7.27. The number of carbonyl (C=O) groups is 3. The van der Waals surface area contributed by atoms with Gasteiger partial charge < -0.3 is 26.4 Å². The monoisotopic (exact) mass is 608 g/mol. The van der Waals surface area contributed by atoms with Gasteiger partial charge in [-0.1, -0.05) is 66.7 Å². The number of amides is 3. The summed E-state index contributed by atoms with van der Waals surface area (Å²) in [5, 5.41) is 9.20. The molecule has 0 radical (unpaired) electrons. The summed E-state index contributed by atoms with van der Waals surface area (Å²) in [5.74, 6) is -0.939. The van der Waals surface area contributed by atoms with Crippen molar-refractivity contribution >= 4 is 17.7 Å². The van der Waals surface area contributed by atoms with Crippen molar-refractivity contribution in [1.29, 1.82) is 0 Å². The maximum Gasteiger partial charge on any atom is 0.251 e. The second kappa shape index (κ2) is 13.5. The van der Waals surface area contributed by atoms with Crippen LogP contribution in [0.15, 0.2) is 78.9 Å². The minimum Gasteiger partial charge on any atom is -0.372 e. The summed E-state index contributed by atoms with van der Waals surface area (Å²) in [5.41, 5.74) is 11.0. The summed E-state index contributed by atoms with van der Waals surface area (Å²) in [6.45, 7) is 2.45. The Kier molecular flexibility index (Phi) is 9.33. The highest BCUT2D eigenvalue weighted by Crippen LogP contribution is 2.56. The number of rotatable bonds is 12. The molecule has 3 amide bonds. The molecule has 7 rings (SSSR count). The molecule has 4 aliphatic rings. The van der Waals surface area contributed by atoms with E-state index in [2.05, 4.69) is 16.0 Å². The molecular formula is C37H44N4O4. The minimum atomic E-state index is -0.885. The van der Waals surface area contributed by atoms with Crippen LogP contribution in [-0.2, 0) is 40.4 Å². The first kappa shape index (κ1) is 31.0. The van der Waals surface area contributed by atoms with Crippen LogP contribution >= 0.6 is 0 Å². The largest absolute Gasteiger partial charge is 0.372 e. The summed E-state index contributed by atoms with van der Waals surface area (Å²) < 4.78 is 5.58. The Hall–Kier alpha value is -4.01. The molecule has 2 unspecified atom stereocenters. The Bertz CT molecular complexity index is 1480. The molecule has 236 valence electrons. The molecule has 1 heterocycles. The van der Waals surface area contributed by atoms with E-state index in [0.717, 1.165) is 67.3 Å². The second-order valence-electron chi connectivity index (χ2n) is 13.4. The number of nitrogens with two attached hydrogens (primary N) is 1. The van der Waals surface area contributed by atoms with Crippen LogP contribution in [0.4, 0.5) is 0 Å². The van der Waals surface area contributed by atoms with E-state index in [1.165, 1.54) is 0 Å². The molecule has 3 aromatic rings. The maximum absolute atomic E-state index is 14.0. The zero-order valence-corrected chi connectivity index (χ0v) is 25.9. The molecule has 3 fully saturated rings. The van der Waals surface area contributed by atoms with E-state index in [-0.39, 0.29) is 29.1 Å². The Labute approximate surface area is 265 Å². The number of hydrogen-bond donors (Lipinski definition) is 4. The third-order valence-electron chi connectivity index (χ3n) is 10.4. The minimum absolute atomic E-state index is 0.0946. The van der Waals surface area contributed by atoms with Gasteiger partial charge >= 0.3 is 0 Å². The molecular weight excluding hydrogens is 564 g/mol. The van der Waals surface area contributed by atoms with Crippen molar-refractivity contribution in [3.05, 3.63) is 107 Å². The number of fused-ring (bicyclic) bond motifs is 4. The third kappa shape index (κ3) is 7.29. The number of nitrogens with one attached hydrogen (secondary N) is 3. The second-order valence-corrected chi connectivity index (χ2v) is 13.4. The van der Waals surface area contributed by atoms with Gasteiger partial charge in [0.2, 0.25) is 11.8 Å². The van der Waals surface area contributed by atoms with Crippen molar-refractivity contribution in [2.75, 3.05) is 13.1 Å². The molecule has 2 bridgehead atoms. The normalized spacial score (nSPS) is 23.0. The van der Waals surface area contributed by atoms with E-state index in [4.69, 9.17) is 10.5 Å². The molecule has 3 saturated carbocycles. The highest BCUT2D eigenvalue weighted by molar-refractivity contribution is 5.98. The van der Waals surface area contributed by atoms with Gasteiger partial charge in [-0.05, 0) is 90.3 Å². The molecule has 45 heavy (non-hydrogen) atoms. The van der Waals surface area contributed by atoms with Crippen molar-refractivity contribution in [1.82, 2.24) is 16.0 Å². The van der Waals surface area contributed by atoms with Crippen molar-refractivity contribution in [3.63, 3.8) is 0 Å². The Morgan fingerprint density at radius 2 is 1.29 bits per heavy atom. The molecule has 0 aromatic heterocycles. The zero-order chi connectivity index (χ0) is 31.3. The SMILES string of the molecule is NCC12CCC(CNC(=O)C(Cc3ccccc3)NC(=O)C(Cc3ccc4c(c3)COC4)NC(=O)c3ccccc3)(CC1)CC2. The first-order valence-corrected chi connectivity index (χ1v) is 16.2. The number of ether oxygens (including phenoxy) is 1. The predicted molar refractivity (Wildman–Crippen MR) is 173 cm³/mol. The highest BCUT2D eigenvalue weighted by atomic mass is 16.5. The summed E-state index contributed by atoms with van der Waals surface area (Å²) >= 11 is 0. The molecule has 8 nitrogen and oxygen atoms in total. The predicted octanol–water partition coefficient (Wildman–Crippen LogP) is 4.20. The van der Waals surface area contributed by atoms with E-state index in [1.807, 2.05) is 54.6 Å². The van der Waals surface area contributed by atoms with Crippen LogP contribution in [0.2, 0.25) is 0 Å². The van der Waals surface area contributed by atoms with Gasteiger partial charge in [0.1, 0.15) is 12.1 Å². The van der Waals surface area contributed by atoms with E-state index in [1.54, 1.807) is 24.3 Å². The topological polar surface area (TPSA) is 123 Å². The van der Waals surface area contributed by atoms with Gasteiger partial charge in [0.25, 0.3) is 5.91 Å². The first-order valence-electron chi connectivity index (χ1n) is 16.2. The van der Waals surface area contributed by atoms with Crippen LogP contribution in [0.25, 0.3) is 0 Å². The third-order valence-corrected chi connectivity index (χ3v) is 10.4. The van der Waals surface area contributed by atoms with E-state index < -0.39 is 18.0 Å². The molecule has 0 spiro atoms. The average Bonchev–Trinajstić information content (AvgIpc) is 3.56. The lowest BCUT2D eigenvalue weighted by molar-refractivity contribution is -0.130. The lowest BCUT2D eigenvalue weighted by Gasteiger charge is -2.53. The quantitative estimate of drug-likeness (QED) is 0.246. The lowest BCUT2D eigenvalue weighted by atomic mass is 9.54. The number of carbonyl (C=O) groups excluding carboxylic acids is 3. The van der Waals surface area contributed by atoms with Crippen molar-refractivity contribution < 1.29 is 19.1 Å². The van der Waals surface area contributed by atoms with Gasteiger partial charge in [-0.3, -0.25) is 14.4 Å². The molecule has 2 atom stereocenters. The van der Waals surface area contributed by atoms with Gasteiger partial charge in [-0.2, -0.15) is 0 Å². The fourth-order valence-corrected chi connectivity index (χ4v) is 7.27. The van der Waals surface area contributed by atoms with Gasteiger partial charge in [0, 0.05) is 24.9 Å². The van der Waals surface area contributed by atoms with Gasteiger partial charge in [-0.15, -0.1) is 0 Å². The molecule has 1 aliphatic heterocycles. The zero-order valence-electron chi connectivity index (χ0n) is 25.9. The molecule has 5 N–H and O–H groups in total. The van der Waals surface area contributed by atoms with Gasteiger partial charge in [-0.25, -0.2) is 0 Å². The van der Waals surface area contributed by atoms with Crippen LogP contribution in [-0.4, -0.2) is 42.9 Å². The first-order chi connectivity index (χ1) is 21.9. The number of hydrogen-bond acceptors (Lipinski definition) is 5.